The van der Waals surface area contributed by atoms with Crippen molar-refractivity contribution >= 4 is 44.6 Å². The minimum Gasteiger partial charge on any atom is -0.455 e. The molecule has 0 fully saturated rings. The molecule has 1 aromatic heterocycles. The fraction of sp³-hybridized carbons (Fsp3) is 0.146. The molecule has 45 heavy (non-hydrogen) atoms. The van der Waals surface area contributed by atoms with Crippen LogP contribution in [0.15, 0.2) is 136 Å². The third kappa shape index (κ3) is 4.61. The number of fused-ring (bicyclic) bond motifs is 5. The summed E-state index contributed by atoms with van der Waals surface area (Å²) in [6, 6.07) is 34.8. The Balaban J connectivity index is 1.20. The van der Waals surface area contributed by atoms with Gasteiger partial charge in [-0.1, -0.05) is 109 Å². The van der Waals surface area contributed by atoms with Crippen molar-refractivity contribution in [2.24, 2.45) is 4.99 Å². The van der Waals surface area contributed by atoms with Gasteiger partial charge in [0.1, 0.15) is 29.3 Å². The van der Waals surface area contributed by atoms with Crippen molar-refractivity contribution in [2.75, 3.05) is 0 Å². The van der Waals surface area contributed by atoms with Crippen molar-refractivity contribution in [3.63, 3.8) is 0 Å². The van der Waals surface area contributed by atoms with E-state index in [0.29, 0.717) is 0 Å². The van der Waals surface area contributed by atoms with Gasteiger partial charge in [0.25, 0.3) is 0 Å². The van der Waals surface area contributed by atoms with Crippen molar-refractivity contribution in [2.45, 2.75) is 38.0 Å². The number of nitrogens with zero attached hydrogens (tertiary/aromatic N) is 1. The minimum absolute atomic E-state index is 0.172. The van der Waals surface area contributed by atoms with E-state index in [0.717, 1.165) is 70.1 Å². The Morgan fingerprint density at radius 2 is 1.60 bits per heavy atom. The summed E-state index contributed by atoms with van der Waals surface area (Å²) in [7, 11) is 0. The SMILES string of the molecule is C1=CC(C2N=C(c3ccc4ccccc4c3)NC(c3ccc(-c4ccc5c(c4)C=CCC5)c4oc5ccccc5c34)N2)=CCC1. The Hall–Kier alpha value is -5.19. The van der Waals surface area contributed by atoms with Crippen molar-refractivity contribution in [1.29, 1.82) is 0 Å². The summed E-state index contributed by atoms with van der Waals surface area (Å²) in [6.45, 7) is 0. The largest absolute Gasteiger partial charge is 0.455 e. The summed E-state index contributed by atoms with van der Waals surface area (Å²) in [5.74, 6) is 0.890. The molecule has 9 rings (SSSR count). The summed E-state index contributed by atoms with van der Waals surface area (Å²) in [5, 5.41) is 12.3. The number of rotatable bonds is 4. The van der Waals surface area contributed by atoms with Crippen LogP contribution in [-0.4, -0.2) is 12.0 Å². The predicted octanol–water partition coefficient (Wildman–Crippen LogP) is 9.61. The first-order valence-corrected chi connectivity index (χ1v) is 16.0. The maximum atomic E-state index is 6.69. The van der Waals surface area contributed by atoms with Gasteiger partial charge in [0, 0.05) is 27.5 Å². The van der Waals surface area contributed by atoms with E-state index in [1.807, 2.05) is 6.07 Å². The smallest absolute Gasteiger partial charge is 0.143 e. The lowest BCUT2D eigenvalue weighted by Crippen LogP contribution is -2.49. The second-order valence-corrected chi connectivity index (χ2v) is 12.2. The lowest BCUT2D eigenvalue weighted by Gasteiger charge is -2.33. The molecule has 0 amide bonds. The maximum Gasteiger partial charge on any atom is 0.143 e. The van der Waals surface area contributed by atoms with E-state index in [2.05, 4.69) is 132 Å². The van der Waals surface area contributed by atoms with Crippen molar-refractivity contribution in [3.05, 3.63) is 149 Å². The number of allylic oxidation sites excluding steroid dienone is 3. The molecule has 2 N–H and O–H groups in total. The third-order valence-electron chi connectivity index (χ3n) is 9.43. The average molecular weight is 584 g/mol. The van der Waals surface area contributed by atoms with Gasteiger partial charge >= 0.3 is 0 Å². The number of nitrogens with one attached hydrogen (secondary N) is 2. The van der Waals surface area contributed by atoms with Gasteiger partial charge in [-0.2, -0.15) is 0 Å². The molecular weight excluding hydrogens is 550 g/mol. The van der Waals surface area contributed by atoms with Crippen LogP contribution >= 0.6 is 0 Å². The molecule has 0 bridgehead atoms. The highest BCUT2D eigenvalue weighted by Crippen LogP contribution is 2.41. The number of para-hydroxylation sites is 1. The number of aryl methyl sites for hydroxylation is 1. The van der Waals surface area contributed by atoms with Gasteiger partial charge in [0.2, 0.25) is 0 Å². The van der Waals surface area contributed by atoms with E-state index < -0.39 is 0 Å². The Labute approximate surface area is 262 Å². The van der Waals surface area contributed by atoms with Crippen LogP contribution in [0, 0.1) is 0 Å². The van der Waals surface area contributed by atoms with Crippen LogP contribution < -0.4 is 10.6 Å². The first kappa shape index (κ1) is 26.2. The van der Waals surface area contributed by atoms with Crippen LogP contribution in [0.1, 0.15) is 47.7 Å². The van der Waals surface area contributed by atoms with E-state index in [1.165, 1.54) is 33.0 Å². The summed E-state index contributed by atoms with van der Waals surface area (Å²) in [4.78, 5) is 5.24. The molecule has 2 heterocycles. The standard InChI is InChI=1S/C41H33N3O/c1-2-12-28(13-3-1)39-42-40(32-21-19-27-11-5-7-15-30(27)25-32)44-41(43-39)35-23-22-33(31-20-18-26-10-4-6-14-29(26)24-31)38-37(35)34-16-8-9-17-36(34)45-38/h2,5-9,11-25,39,41,43H,1,3-4,10H2,(H,42,44). The van der Waals surface area contributed by atoms with E-state index in [1.54, 1.807) is 0 Å². The number of aliphatic imine (C=N–C) groups is 1. The fourth-order valence-electron chi connectivity index (χ4n) is 7.13. The quantitative estimate of drug-likeness (QED) is 0.217. The number of hydrogen-bond acceptors (Lipinski definition) is 4. The molecule has 1 aliphatic heterocycles. The van der Waals surface area contributed by atoms with Gasteiger partial charge in [0.05, 0.1) is 0 Å². The molecule has 2 atom stereocenters. The molecule has 4 nitrogen and oxygen atoms in total. The summed E-state index contributed by atoms with van der Waals surface area (Å²) in [6.07, 6.45) is 15.3. The van der Waals surface area contributed by atoms with Crippen molar-refractivity contribution in [3.8, 4) is 11.1 Å². The molecular formula is C41H33N3O. The zero-order valence-corrected chi connectivity index (χ0v) is 25.0. The molecule has 0 saturated carbocycles. The van der Waals surface area contributed by atoms with Gasteiger partial charge in [-0.3, -0.25) is 5.32 Å². The summed E-state index contributed by atoms with van der Waals surface area (Å²) < 4.78 is 6.69. The van der Waals surface area contributed by atoms with Gasteiger partial charge in [-0.25, -0.2) is 4.99 Å². The predicted molar refractivity (Wildman–Crippen MR) is 186 cm³/mol. The second kappa shape index (κ2) is 10.8. The van der Waals surface area contributed by atoms with E-state index in [9.17, 15) is 0 Å². The van der Waals surface area contributed by atoms with E-state index in [4.69, 9.17) is 9.41 Å². The minimum atomic E-state index is -0.186. The number of furan rings is 1. The molecule has 4 heteroatoms. The van der Waals surface area contributed by atoms with Crippen LogP contribution in [-0.2, 0) is 6.42 Å². The first-order chi connectivity index (χ1) is 22.3. The van der Waals surface area contributed by atoms with Crippen LogP contribution in [0.3, 0.4) is 0 Å². The summed E-state index contributed by atoms with van der Waals surface area (Å²) in [5.41, 5.74) is 10.2. The van der Waals surface area contributed by atoms with Crippen LogP contribution in [0.25, 0.3) is 49.9 Å². The van der Waals surface area contributed by atoms with Gasteiger partial charge in [0.15, 0.2) is 0 Å². The first-order valence-electron chi connectivity index (χ1n) is 16.0. The molecule has 218 valence electrons. The summed E-state index contributed by atoms with van der Waals surface area (Å²) >= 11 is 0. The number of benzene rings is 5. The third-order valence-corrected chi connectivity index (χ3v) is 9.43. The van der Waals surface area contributed by atoms with Crippen LogP contribution in [0.2, 0.25) is 0 Å². The fourth-order valence-corrected chi connectivity index (χ4v) is 7.13. The Morgan fingerprint density at radius 1 is 0.733 bits per heavy atom. The zero-order valence-electron chi connectivity index (χ0n) is 25.0. The average Bonchev–Trinajstić information content (AvgIpc) is 3.51. The molecule has 5 aromatic carbocycles. The van der Waals surface area contributed by atoms with Crippen molar-refractivity contribution < 1.29 is 4.42 Å². The Bertz CT molecular complexity index is 2250. The van der Waals surface area contributed by atoms with Crippen LogP contribution in [0.4, 0.5) is 0 Å². The zero-order chi connectivity index (χ0) is 29.7. The van der Waals surface area contributed by atoms with E-state index in [-0.39, 0.29) is 12.3 Å². The Morgan fingerprint density at radius 3 is 2.53 bits per heavy atom. The van der Waals surface area contributed by atoms with Crippen molar-refractivity contribution in [1.82, 2.24) is 10.6 Å². The molecule has 0 radical (unpaired) electrons. The van der Waals surface area contributed by atoms with E-state index >= 15 is 0 Å². The Kier molecular flexibility index (Phi) is 6.27. The number of hydrogen-bond donors (Lipinski definition) is 2. The molecule has 3 aliphatic rings. The number of amidine groups is 1. The molecule has 6 aromatic rings. The second-order valence-electron chi connectivity index (χ2n) is 12.2. The topological polar surface area (TPSA) is 49.6 Å². The van der Waals surface area contributed by atoms with Crippen LogP contribution in [0.5, 0.6) is 0 Å². The lowest BCUT2D eigenvalue weighted by atomic mass is 9.91. The lowest BCUT2D eigenvalue weighted by molar-refractivity contribution is 0.436. The molecule has 0 saturated heterocycles. The maximum absolute atomic E-state index is 6.69. The highest BCUT2D eigenvalue weighted by molar-refractivity contribution is 6.12. The van der Waals surface area contributed by atoms with Gasteiger partial charge in [-0.05, 0) is 76.9 Å². The van der Waals surface area contributed by atoms with Gasteiger partial charge in [-0.15, -0.1) is 0 Å². The monoisotopic (exact) mass is 583 g/mol. The molecule has 2 unspecified atom stereocenters. The normalized spacial score (nSPS) is 19.4. The molecule has 2 aliphatic carbocycles. The highest BCUT2D eigenvalue weighted by Gasteiger charge is 2.29. The highest BCUT2D eigenvalue weighted by atomic mass is 16.3. The molecule has 0 spiro atoms. The van der Waals surface area contributed by atoms with Gasteiger partial charge < -0.3 is 9.73 Å².